The van der Waals surface area contributed by atoms with Gasteiger partial charge < -0.3 is 5.32 Å². The summed E-state index contributed by atoms with van der Waals surface area (Å²) in [5.74, 6) is 2.62. The zero-order valence-electron chi connectivity index (χ0n) is 8.16. The summed E-state index contributed by atoms with van der Waals surface area (Å²) >= 11 is 0. The number of piperidine rings is 1. The summed E-state index contributed by atoms with van der Waals surface area (Å²) in [6.45, 7) is 1.10. The van der Waals surface area contributed by atoms with Crippen molar-refractivity contribution in [3.05, 3.63) is 29.6 Å². The van der Waals surface area contributed by atoms with Crippen molar-refractivity contribution in [2.45, 2.75) is 25.3 Å². The molecule has 0 aliphatic carbocycles. The SMILES string of the molecule is C#Cc1cncc([C@@H]2CCCCN2)c1. The zero-order chi connectivity index (χ0) is 9.80. The molecule has 72 valence electrons. The highest BCUT2D eigenvalue weighted by molar-refractivity contribution is 5.33. The molecule has 0 bridgehead atoms. The maximum absolute atomic E-state index is 5.34. The Hall–Kier alpha value is -1.33. The van der Waals surface area contributed by atoms with Crippen LogP contribution in [0.5, 0.6) is 0 Å². The van der Waals surface area contributed by atoms with Crippen LogP contribution in [0.4, 0.5) is 0 Å². The molecule has 0 amide bonds. The molecule has 0 spiro atoms. The van der Waals surface area contributed by atoms with E-state index < -0.39 is 0 Å². The summed E-state index contributed by atoms with van der Waals surface area (Å²) in [4.78, 5) is 4.15. The summed E-state index contributed by atoms with van der Waals surface area (Å²) in [6, 6.07) is 2.50. The van der Waals surface area contributed by atoms with E-state index in [4.69, 9.17) is 6.42 Å². The number of hydrogen-bond acceptors (Lipinski definition) is 2. The first-order chi connectivity index (χ1) is 6.90. The molecule has 1 aromatic rings. The summed E-state index contributed by atoms with van der Waals surface area (Å²) in [7, 11) is 0. The summed E-state index contributed by atoms with van der Waals surface area (Å²) < 4.78 is 0. The second-order valence-corrected chi connectivity index (χ2v) is 3.65. The lowest BCUT2D eigenvalue weighted by Gasteiger charge is -2.23. The highest BCUT2D eigenvalue weighted by atomic mass is 14.9. The van der Waals surface area contributed by atoms with Crippen LogP contribution in [0.3, 0.4) is 0 Å². The molecule has 14 heavy (non-hydrogen) atoms. The van der Waals surface area contributed by atoms with Crippen LogP contribution in [0.15, 0.2) is 18.5 Å². The minimum Gasteiger partial charge on any atom is -0.310 e. The molecule has 2 rings (SSSR count). The second-order valence-electron chi connectivity index (χ2n) is 3.65. The smallest absolute Gasteiger partial charge is 0.0429 e. The van der Waals surface area contributed by atoms with E-state index in [2.05, 4.69) is 22.3 Å². The molecule has 2 nitrogen and oxygen atoms in total. The Labute approximate surface area is 84.7 Å². The standard InChI is InChI=1S/C12H14N2/c1-2-10-7-11(9-13-8-10)12-5-3-4-6-14-12/h1,7-9,12,14H,3-6H2/t12-/m0/s1. The van der Waals surface area contributed by atoms with Crippen molar-refractivity contribution in [2.24, 2.45) is 0 Å². The van der Waals surface area contributed by atoms with Crippen molar-refractivity contribution in [2.75, 3.05) is 6.54 Å². The van der Waals surface area contributed by atoms with E-state index in [1.165, 1.54) is 24.8 Å². The molecular formula is C12H14N2. The van der Waals surface area contributed by atoms with Crippen molar-refractivity contribution in [3.63, 3.8) is 0 Å². The van der Waals surface area contributed by atoms with Crippen molar-refractivity contribution in [3.8, 4) is 12.3 Å². The molecular weight excluding hydrogens is 172 g/mol. The Morgan fingerprint density at radius 2 is 2.36 bits per heavy atom. The monoisotopic (exact) mass is 186 g/mol. The van der Waals surface area contributed by atoms with E-state index in [0.29, 0.717) is 6.04 Å². The molecule has 1 aliphatic rings. The van der Waals surface area contributed by atoms with Crippen LogP contribution >= 0.6 is 0 Å². The minimum atomic E-state index is 0.449. The number of hydrogen-bond donors (Lipinski definition) is 1. The van der Waals surface area contributed by atoms with Crippen LogP contribution in [0, 0.1) is 12.3 Å². The predicted octanol–water partition coefficient (Wildman–Crippen LogP) is 1.88. The van der Waals surface area contributed by atoms with Crippen LogP contribution in [-0.2, 0) is 0 Å². The fraction of sp³-hybridized carbons (Fsp3) is 0.417. The number of nitrogens with zero attached hydrogens (tertiary/aromatic N) is 1. The minimum absolute atomic E-state index is 0.449. The molecule has 0 aromatic carbocycles. The largest absolute Gasteiger partial charge is 0.310 e. The first-order valence-corrected chi connectivity index (χ1v) is 5.05. The number of aromatic nitrogens is 1. The highest BCUT2D eigenvalue weighted by Crippen LogP contribution is 2.22. The molecule has 2 heteroatoms. The van der Waals surface area contributed by atoms with Gasteiger partial charge in [-0.05, 0) is 31.0 Å². The van der Waals surface area contributed by atoms with Gasteiger partial charge in [-0.1, -0.05) is 12.3 Å². The third-order valence-electron chi connectivity index (χ3n) is 2.64. The predicted molar refractivity (Wildman–Crippen MR) is 56.8 cm³/mol. The maximum atomic E-state index is 5.34. The topological polar surface area (TPSA) is 24.9 Å². The first kappa shape index (κ1) is 9.23. The molecule has 1 aliphatic heterocycles. The molecule has 0 saturated carbocycles. The Balaban J connectivity index is 2.18. The average Bonchev–Trinajstić information content (AvgIpc) is 2.30. The number of nitrogens with one attached hydrogen (secondary N) is 1. The lowest BCUT2D eigenvalue weighted by atomic mass is 9.98. The van der Waals surface area contributed by atoms with Crippen molar-refractivity contribution >= 4 is 0 Å². The van der Waals surface area contributed by atoms with Crippen molar-refractivity contribution in [1.29, 1.82) is 0 Å². The maximum Gasteiger partial charge on any atom is 0.0429 e. The van der Waals surface area contributed by atoms with E-state index in [9.17, 15) is 0 Å². The van der Waals surface area contributed by atoms with Gasteiger partial charge in [-0.15, -0.1) is 6.42 Å². The molecule has 1 atom stereocenters. The molecule has 2 heterocycles. The molecule has 1 saturated heterocycles. The van der Waals surface area contributed by atoms with E-state index in [-0.39, 0.29) is 0 Å². The molecule has 1 fully saturated rings. The third-order valence-corrected chi connectivity index (χ3v) is 2.64. The van der Waals surface area contributed by atoms with Gasteiger partial charge in [0, 0.05) is 24.0 Å². The molecule has 0 radical (unpaired) electrons. The first-order valence-electron chi connectivity index (χ1n) is 5.05. The Morgan fingerprint density at radius 3 is 3.07 bits per heavy atom. The highest BCUT2D eigenvalue weighted by Gasteiger charge is 2.14. The fourth-order valence-electron chi connectivity index (χ4n) is 1.86. The van der Waals surface area contributed by atoms with Crippen LogP contribution in [-0.4, -0.2) is 11.5 Å². The fourth-order valence-corrected chi connectivity index (χ4v) is 1.86. The average molecular weight is 186 g/mol. The third kappa shape index (κ3) is 1.94. The number of pyridine rings is 1. The van der Waals surface area contributed by atoms with Gasteiger partial charge in [0.2, 0.25) is 0 Å². The van der Waals surface area contributed by atoms with Gasteiger partial charge in [0.15, 0.2) is 0 Å². The lowest BCUT2D eigenvalue weighted by molar-refractivity contribution is 0.411. The number of terminal acetylenes is 1. The lowest BCUT2D eigenvalue weighted by Crippen LogP contribution is -2.26. The van der Waals surface area contributed by atoms with Crippen LogP contribution in [0.2, 0.25) is 0 Å². The zero-order valence-corrected chi connectivity index (χ0v) is 8.16. The van der Waals surface area contributed by atoms with Crippen LogP contribution < -0.4 is 5.32 Å². The summed E-state index contributed by atoms with van der Waals surface area (Å²) in [6.07, 6.45) is 12.7. The Morgan fingerprint density at radius 1 is 1.43 bits per heavy atom. The van der Waals surface area contributed by atoms with Gasteiger partial charge in [-0.2, -0.15) is 0 Å². The van der Waals surface area contributed by atoms with E-state index in [0.717, 1.165) is 12.1 Å². The molecule has 0 unspecified atom stereocenters. The van der Waals surface area contributed by atoms with E-state index in [1.54, 1.807) is 6.20 Å². The Bertz CT molecular complexity index is 346. The van der Waals surface area contributed by atoms with E-state index >= 15 is 0 Å². The molecule has 1 N–H and O–H groups in total. The van der Waals surface area contributed by atoms with Crippen LogP contribution in [0.1, 0.15) is 36.4 Å². The van der Waals surface area contributed by atoms with Gasteiger partial charge >= 0.3 is 0 Å². The van der Waals surface area contributed by atoms with Gasteiger partial charge in [0.1, 0.15) is 0 Å². The van der Waals surface area contributed by atoms with Crippen molar-refractivity contribution < 1.29 is 0 Å². The van der Waals surface area contributed by atoms with E-state index in [1.807, 2.05) is 6.20 Å². The summed E-state index contributed by atoms with van der Waals surface area (Å²) in [5, 5.41) is 3.48. The normalized spacial score (nSPS) is 21.5. The van der Waals surface area contributed by atoms with Gasteiger partial charge in [0.05, 0.1) is 0 Å². The van der Waals surface area contributed by atoms with Gasteiger partial charge in [-0.3, -0.25) is 4.98 Å². The van der Waals surface area contributed by atoms with Gasteiger partial charge in [0.25, 0.3) is 0 Å². The van der Waals surface area contributed by atoms with Crippen LogP contribution in [0.25, 0.3) is 0 Å². The quantitative estimate of drug-likeness (QED) is 0.677. The summed E-state index contributed by atoms with van der Waals surface area (Å²) in [5.41, 5.74) is 2.09. The molecule has 1 aromatic heterocycles. The Kier molecular flexibility index (Phi) is 2.81. The number of rotatable bonds is 1. The van der Waals surface area contributed by atoms with Crippen molar-refractivity contribution in [1.82, 2.24) is 10.3 Å². The van der Waals surface area contributed by atoms with Gasteiger partial charge in [-0.25, -0.2) is 0 Å². The second kappa shape index (κ2) is 4.26.